The summed E-state index contributed by atoms with van der Waals surface area (Å²) in [5, 5.41) is 5.57. The lowest BCUT2D eigenvalue weighted by atomic mass is 10.1. The topological polar surface area (TPSA) is 80.6 Å². The van der Waals surface area contributed by atoms with Crippen LogP contribution in [0.15, 0.2) is 69.8 Å². The molecule has 0 atom stereocenters. The summed E-state index contributed by atoms with van der Waals surface area (Å²) in [5.41, 5.74) is 1.51. The van der Waals surface area contributed by atoms with E-state index in [9.17, 15) is 9.59 Å². The molecule has 0 bridgehead atoms. The Bertz CT molecular complexity index is 970. The van der Waals surface area contributed by atoms with Gasteiger partial charge in [-0.15, -0.1) is 0 Å². The number of benzene rings is 2. The minimum atomic E-state index is -0.365. The Balaban J connectivity index is 1.74. The minimum absolute atomic E-state index is 0.210. The zero-order valence-electron chi connectivity index (χ0n) is 15.2. The van der Waals surface area contributed by atoms with Crippen LogP contribution in [-0.4, -0.2) is 18.4 Å². The largest absolute Gasteiger partial charge is 0.493 e. The van der Waals surface area contributed by atoms with Gasteiger partial charge in [0.05, 0.1) is 18.4 Å². The molecule has 6 nitrogen and oxygen atoms in total. The molecule has 0 unspecified atom stereocenters. The van der Waals surface area contributed by atoms with Crippen molar-refractivity contribution in [3.05, 3.63) is 76.7 Å². The van der Waals surface area contributed by atoms with Crippen molar-refractivity contribution in [3.8, 4) is 5.75 Å². The van der Waals surface area contributed by atoms with E-state index in [1.165, 1.54) is 6.26 Å². The summed E-state index contributed by atoms with van der Waals surface area (Å²) in [6, 6.07) is 15.4. The van der Waals surface area contributed by atoms with E-state index >= 15 is 0 Å². The average Bonchev–Trinajstić information content (AvgIpc) is 3.22. The van der Waals surface area contributed by atoms with Gasteiger partial charge in [-0.1, -0.05) is 28.9 Å². The van der Waals surface area contributed by atoms with Crippen molar-refractivity contribution < 1.29 is 18.7 Å². The van der Waals surface area contributed by atoms with E-state index in [2.05, 4.69) is 26.6 Å². The van der Waals surface area contributed by atoms with E-state index in [1.807, 2.05) is 13.0 Å². The molecule has 0 saturated carbocycles. The molecule has 144 valence electrons. The number of rotatable bonds is 7. The summed E-state index contributed by atoms with van der Waals surface area (Å²) < 4.78 is 11.5. The van der Waals surface area contributed by atoms with Crippen LogP contribution in [-0.2, 0) is 0 Å². The number of carbonyl (C=O) groups is 2. The first-order valence-electron chi connectivity index (χ1n) is 8.75. The van der Waals surface area contributed by atoms with Crippen molar-refractivity contribution in [2.45, 2.75) is 13.3 Å². The van der Waals surface area contributed by atoms with Crippen LogP contribution >= 0.6 is 15.9 Å². The molecular formula is C21H19BrN2O4. The summed E-state index contributed by atoms with van der Waals surface area (Å²) in [6.07, 6.45) is 2.27. The Morgan fingerprint density at radius 1 is 1.00 bits per heavy atom. The lowest BCUT2D eigenvalue weighted by Gasteiger charge is -2.12. The Morgan fingerprint density at radius 3 is 2.43 bits per heavy atom. The molecule has 0 fully saturated rings. The highest BCUT2D eigenvalue weighted by molar-refractivity contribution is 9.10. The van der Waals surface area contributed by atoms with Gasteiger partial charge in [-0.25, -0.2) is 0 Å². The van der Waals surface area contributed by atoms with Gasteiger partial charge in [0, 0.05) is 15.8 Å². The zero-order valence-corrected chi connectivity index (χ0v) is 16.8. The molecule has 0 radical (unpaired) electrons. The van der Waals surface area contributed by atoms with E-state index in [-0.39, 0.29) is 17.6 Å². The van der Waals surface area contributed by atoms with E-state index in [4.69, 9.17) is 9.15 Å². The first-order chi connectivity index (χ1) is 13.6. The van der Waals surface area contributed by atoms with Gasteiger partial charge in [0.15, 0.2) is 5.76 Å². The Hall–Kier alpha value is -3.06. The molecule has 2 aromatic carbocycles. The van der Waals surface area contributed by atoms with Crippen molar-refractivity contribution in [1.82, 2.24) is 0 Å². The molecule has 28 heavy (non-hydrogen) atoms. The number of nitrogens with one attached hydrogen (secondary N) is 2. The molecule has 0 aliphatic heterocycles. The summed E-state index contributed by atoms with van der Waals surface area (Å²) >= 11 is 3.38. The number of amides is 2. The molecule has 0 saturated heterocycles. The van der Waals surface area contributed by atoms with Crippen molar-refractivity contribution in [3.63, 3.8) is 0 Å². The average molecular weight is 443 g/mol. The third kappa shape index (κ3) is 5.01. The molecule has 2 amide bonds. The number of hydrogen-bond acceptors (Lipinski definition) is 4. The molecule has 0 aliphatic rings. The van der Waals surface area contributed by atoms with Gasteiger partial charge in [0.1, 0.15) is 5.75 Å². The lowest BCUT2D eigenvalue weighted by molar-refractivity contribution is 0.0994. The number of halogens is 1. The van der Waals surface area contributed by atoms with Crippen molar-refractivity contribution in [2.75, 3.05) is 17.2 Å². The van der Waals surface area contributed by atoms with Crippen molar-refractivity contribution in [2.24, 2.45) is 0 Å². The van der Waals surface area contributed by atoms with E-state index < -0.39 is 0 Å². The van der Waals surface area contributed by atoms with Gasteiger partial charge < -0.3 is 19.8 Å². The summed E-state index contributed by atoms with van der Waals surface area (Å²) in [7, 11) is 0. The first kappa shape index (κ1) is 19.7. The third-order valence-electron chi connectivity index (χ3n) is 3.77. The van der Waals surface area contributed by atoms with E-state index in [0.29, 0.717) is 29.3 Å². The second kappa shape index (κ2) is 9.23. The minimum Gasteiger partial charge on any atom is -0.493 e. The Kier molecular flexibility index (Phi) is 6.49. The lowest BCUT2D eigenvalue weighted by Crippen LogP contribution is -2.15. The molecular weight excluding hydrogens is 424 g/mol. The molecule has 7 heteroatoms. The van der Waals surface area contributed by atoms with Crippen molar-refractivity contribution in [1.29, 1.82) is 0 Å². The third-order valence-corrected chi connectivity index (χ3v) is 4.26. The number of furan rings is 1. The van der Waals surface area contributed by atoms with Crippen molar-refractivity contribution >= 4 is 39.1 Å². The van der Waals surface area contributed by atoms with E-state index in [1.54, 1.807) is 48.5 Å². The van der Waals surface area contributed by atoms with Crippen LogP contribution in [0.25, 0.3) is 0 Å². The van der Waals surface area contributed by atoms with Crippen LogP contribution in [0.3, 0.4) is 0 Å². The van der Waals surface area contributed by atoms with E-state index in [0.717, 1.165) is 10.9 Å². The highest BCUT2D eigenvalue weighted by Crippen LogP contribution is 2.25. The standard InChI is InChI=1S/C21H19BrN2O4/c1-2-10-27-18-9-8-14(22)12-17(18)20(25)23-15-5-3-6-16(13-15)24-21(26)19-7-4-11-28-19/h3-9,11-13H,2,10H2,1H3,(H,23,25)(H,24,26). The molecule has 0 spiro atoms. The second-order valence-electron chi connectivity index (χ2n) is 5.96. The normalized spacial score (nSPS) is 10.4. The second-order valence-corrected chi connectivity index (χ2v) is 6.87. The molecule has 0 aliphatic carbocycles. The smallest absolute Gasteiger partial charge is 0.291 e. The molecule has 3 rings (SSSR count). The quantitative estimate of drug-likeness (QED) is 0.517. The van der Waals surface area contributed by atoms with Crippen LogP contribution in [0, 0.1) is 0 Å². The Morgan fingerprint density at radius 2 is 1.75 bits per heavy atom. The predicted molar refractivity (Wildman–Crippen MR) is 111 cm³/mol. The maximum atomic E-state index is 12.8. The fourth-order valence-electron chi connectivity index (χ4n) is 2.49. The van der Waals surface area contributed by atoms with Crippen LogP contribution in [0.1, 0.15) is 34.3 Å². The van der Waals surface area contributed by atoms with Gasteiger partial charge >= 0.3 is 0 Å². The zero-order chi connectivity index (χ0) is 19.9. The van der Waals surface area contributed by atoms with Gasteiger partial charge in [-0.2, -0.15) is 0 Å². The highest BCUT2D eigenvalue weighted by Gasteiger charge is 2.14. The Labute approximate surface area is 171 Å². The summed E-state index contributed by atoms with van der Waals surface area (Å²) in [4.78, 5) is 24.9. The van der Waals surface area contributed by atoms with Crippen LogP contribution in [0.5, 0.6) is 5.75 Å². The fourth-order valence-corrected chi connectivity index (χ4v) is 2.85. The summed E-state index contributed by atoms with van der Waals surface area (Å²) in [5.74, 6) is 0.0590. The molecule has 1 heterocycles. The summed E-state index contributed by atoms with van der Waals surface area (Å²) in [6.45, 7) is 2.53. The van der Waals surface area contributed by atoms with Crippen LogP contribution < -0.4 is 15.4 Å². The maximum absolute atomic E-state index is 12.8. The molecule has 1 aromatic heterocycles. The van der Waals surface area contributed by atoms with Crippen LogP contribution in [0.2, 0.25) is 0 Å². The first-order valence-corrected chi connectivity index (χ1v) is 9.54. The molecule has 2 N–H and O–H groups in total. The number of carbonyl (C=O) groups excluding carboxylic acids is 2. The SMILES string of the molecule is CCCOc1ccc(Br)cc1C(=O)Nc1cccc(NC(=O)c2ccco2)c1. The van der Waals surface area contributed by atoms with Gasteiger partial charge in [-0.3, -0.25) is 9.59 Å². The highest BCUT2D eigenvalue weighted by atomic mass is 79.9. The number of ether oxygens (including phenoxy) is 1. The monoisotopic (exact) mass is 442 g/mol. The molecule has 3 aromatic rings. The maximum Gasteiger partial charge on any atom is 0.291 e. The van der Waals surface area contributed by atoms with Crippen LogP contribution in [0.4, 0.5) is 11.4 Å². The van der Waals surface area contributed by atoms with Gasteiger partial charge in [0.2, 0.25) is 0 Å². The van der Waals surface area contributed by atoms with Gasteiger partial charge in [0.25, 0.3) is 11.8 Å². The predicted octanol–water partition coefficient (Wildman–Crippen LogP) is 5.34. The fraction of sp³-hybridized carbons (Fsp3) is 0.143. The number of anilines is 2. The number of hydrogen-bond donors (Lipinski definition) is 2. The van der Waals surface area contributed by atoms with Gasteiger partial charge in [-0.05, 0) is 55.0 Å².